The molecule has 3 aromatic rings. The molecule has 0 heterocycles. The minimum atomic E-state index is -0.269. The van der Waals surface area contributed by atoms with Gasteiger partial charge in [0.1, 0.15) is 23.9 Å². The lowest BCUT2D eigenvalue weighted by Crippen LogP contribution is -2.01. The second kappa shape index (κ2) is 9.24. The van der Waals surface area contributed by atoms with Crippen LogP contribution >= 0.6 is 31.9 Å². The van der Waals surface area contributed by atoms with Gasteiger partial charge in [0.15, 0.2) is 0 Å². The standard InChI is InChI=1S/C21H18Br2FNO2/c1-26-18-7-5-17(6-8-18)25-12-15-10-19(22)21(20(23)11-15)27-13-14-3-2-4-16(24)9-14/h2-11,25H,12-13H2,1H3. The highest BCUT2D eigenvalue weighted by Crippen LogP contribution is 2.35. The summed E-state index contributed by atoms with van der Waals surface area (Å²) in [5, 5.41) is 3.37. The smallest absolute Gasteiger partial charge is 0.148 e. The summed E-state index contributed by atoms with van der Waals surface area (Å²) in [5.41, 5.74) is 2.87. The Morgan fingerprint density at radius 3 is 2.26 bits per heavy atom. The molecule has 0 aliphatic carbocycles. The van der Waals surface area contributed by atoms with E-state index in [1.165, 1.54) is 12.1 Å². The summed E-state index contributed by atoms with van der Waals surface area (Å²) in [4.78, 5) is 0. The highest BCUT2D eigenvalue weighted by atomic mass is 79.9. The van der Waals surface area contributed by atoms with Crippen LogP contribution in [0.3, 0.4) is 0 Å². The number of rotatable bonds is 7. The van der Waals surface area contributed by atoms with E-state index >= 15 is 0 Å². The molecule has 0 radical (unpaired) electrons. The number of hydrogen-bond donors (Lipinski definition) is 1. The van der Waals surface area contributed by atoms with E-state index in [0.29, 0.717) is 18.9 Å². The Balaban J connectivity index is 1.64. The molecule has 0 aromatic heterocycles. The monoisotopic (exact) mass is 493 g/mol. The predicted octanol–water partition coefficient (Wildman–Crippen LogP) is 6.55. The molecular weight excluding hydrogens is 477 g/mol. The molecule has 27 heavy (non-hydrogen) atoms. The number of benzene rings is 3. The Morgan fingerprint density at radius 2 is 1.63 bits per heavy atom. The zero-order valence-corrected chi connectivity index (χ0v) is 17.8. The summed E-state index contributed by atoms with van der Waals surface area (Å²) >= 11 is 7.12. The van der Waals surface area contributed by atoms with E-state index in [1.54, 1.807) is 13.2 Å². The van der Waals surface area contributed by atoms with E-state index in [0.717, 1.165) is 31.5 Å². The van der Waals surface area contributed by atoms with Crippen molar-refractivity contribution in [2.24, 2.45) is 0 Å². The van der Waals surface area contributed by atoms with Gasteiger partial charge in [-0.2, -0.15) is 0 Å². The number of methoxy groups -OCH3 is 1. The van der Waals surface area contributed by atoms with Crippen LogP contribution in [0.25, 0.3) is 0 Å². The molecule has 140 valence electrons. The van der Waals surface area contributed by atoms with Crippen LogP contribution in [0.5, 0.6) is 11.5 Å². The largest absolute Gasteiger partial charge is 0.497 e. The van der Waals surface area contributed by atoms with Gasteiger partial charge in [0.2, 0.25) is 0 Å². The first-order valence-electron chi connectivity index (χ1n) is 8.28. The Hall–Kier alpha value is -2.05. The van der Waals surface area contributed by atoms with Gasteiger partial charge in [0.05, 0.1) is 16.1 Å². The van der Waals surface area contributed by atoms with E-state index in [2.05, 4.69) is 37.2 Å². The molecule has 1 N–H and O–H groups in total. The van der Waals surface area contributed by atoms with E-state index in [1.807, 2.05) is 42.5 Å². The molecule has 0 unspecified atom stereocenters. The maximum atomic E-state index is 13.3. The summed E-state index contributed by atoms with van der Waals surface area (Å²) in [6.07, 6.45) is 0. The van der Waals surface area contributed by atoms with E-state index in [9.17, 15) is 4.39 Å². The lowest BCUT2D eigenvalue weighted by molar-refractivity contribution is 0.301. The molecule has 3 nitrogen and oxygen atoms in total. The fourth-order valence-electron chi connectivity index (χ4n) is 2.55. The van der Waals surface area contributed by atoms with E-state index in [-0.39, 0.29) is 5.82 Å². The average Bonchev–Trinajstić information content (AvgIpc) is 2.66. The lowest BCUT2D eigenvalue weighted by Gasteiger charge is -2.13. The average molecular weight is 495 g/mol. The Labute approximate surface area is 174 Å². The summed E-state index contributed by atoms with van der Waals surface area (Å²) in [5.74, 6) is 1.24. The predicted molar refractivity (Wildman–Crippen MR) is 113 cm³/mol. The summed E-state index contributed by atoms with van der Waals surface area (Å²) in [6.45, 7) is 0.951. The number of nitrogens with one attached hydrogen (secondary N) is 1. The van der Waals surface area contributed by atoms with Crippen LogP contribution in [0.15, 0.2) is 69.6 Å². The van der Waals surface area contributed by atoms with Crippen molar-refractivity contribution in [2.45, 2.75) is 13.2 Å². The number of anilines is 1. The second-order valence-electron chi connectivity index (χ2n) is 5.89. The van der Waals surface area contributed by atoms with Crippen LogP contribution in [0.4, 0.5) is 10.1 Å². The molecule has 0 saturated heterocycles. The molecule has 0 fully saturated rings. The Kier molecular flexibility index (Phi) is 6.74. The molecule has 0 atom stereocenters. The van der Waals surface area contributed by atoms with Crippen molar-refractivity contribution < 1.29 is 13.9 Å². The molecule has 6 heteroatoms. The van der Waals surface area contributed by atoms with Gasteiger partial charge in [-0.05, 0) is 91.5 Å². The minimum Gasteiger partial charge on any atom is -0.497 e. The number of hydrogen-bond acceptors (Lipinski definition) is 3. The maximum Gasteiger partial charge on any atom is 0.148 e. The Morgan fingerprint density at radius 1 is 0.926 bits per heavy atom. The first-order chi connectivity index (χ1) is 13.0. The third-order valence-electron chi connectivity index (χ3n) is 3.92. The molecule has 0 aliphatic rings. The molecule has 0 aliphatic heterocycles. The van der Waals surface area contributed by atoms with Gasteiger partial charge < -0.3 is 14.8 Å². The minimum absolute atomic E-state index is 0.269. The van der Waals surface area contributed by atoms with E-state index < -0.39 is 0 Å². The van der Waals surface area contributed by atoms with Crippen molar-refractivity contribution in [1.29, 1.82) is 0 Å². The van der Waals surface area contributed by atoms with Crippen molar-refractivity contribution in [3.63, 3.8) is 0 Å². The molecule has 3 rings (SSSR count). The van der Waals surface area contributed by atoms with Gasteiger partial charge in [-0.1, -0.05) is 12.1 Å². The van der Waals surface area contributed by atoms with E-state index in [4.69, 9.17) is 9.47 Å². The molecule has 0 saturated carbocycles. The zero-order chi connectivity index (χ0) is 19.2. The van der Waals surface area contributed by atoms with Crippen molar-refractivity contribution in [3.8, 4) is 11.5 Å². The molecular formula is C21H18Br2FNO2. The summed E-state index contributed by atoms with van der Waals surface area (Å²) in [6, 6.07) is 18.2. The van der Waals surface area contributed by atoms with Crippen LogP contribution in [0.2, 0.25) is 0 Å². The fraction of sp³-hybridized carbons (Fsp3) is 0.143. The van der Waals surface area contributed by atoms with Crippen LogP contribution in [-0.2, 0) is 13.2 Å². The highest BCUT2D eigenvalue weighted by molar-refractivity contribution is 9.11. The van der Waals surface area contributed by atoms with Crippen LogP contribution < -0.4 is 14.8 Å². The molecule has 0 amide bonds. The zero-order valence-electron chi connectivity index (χ0n) is 14.6. The number of ether oxygens (including phenoxy) is 2. The number of halogens is 3. The second-order valence-corrected chi connectivity index (χ2v) is 7.60. The quantitative estimate of drug-likeness (QED) is 0.404. The van der Waals surface area contributed by atoms with Gasteiger partial charge in [-0.15, -0.1) is 0 Å². The lowest BCUT2D eigenvalue weighted by atomic mass is 10.2. The van der Waals surface area contributed by atoms with Gasteiger partial charge >= 0.3 is 0 Å². The highest BCUT2D eigenvalue weighted by Gasteiger charge is 2.10. The summed E-state index contributed by atoms with van der Waals surface area (Å²) < 4.78 is 26.0. The van der Waals surface area contributed by atoms with Crippen molar-refractivity contribution in [1.82, 2.24) is 0 Å². The van der Waals surface area contributed by atoms with Crippen molar-refractivity contribution >= 4 is 37.5 Å². The molecule has 3 aromatic carbocycles. The first kappa shape index (κ1) is 19.7. The fourth-order valence-corrected chi connectivity index (χ4v) is 4.06. The third-order valence-corrected chi connectivity index (χ3v) is 5.10. The third kappa shape index (κ3) is 5.47. The topological polar surface area (TPSA) is 30.5 Å². The SMILES string of the molecule is COc1ccc(NCc2cc(Br)c(OCc3cccc(F)c3)c(Br)c2)cc1. The molecule has 0 spiro atoms. The van der Waals surface area contributed by atoms with Gasteiger partial charge in [-0.25, -0.2) is 4.39 Å². The van der Waals surface area contributed by atoms with Gasteiger partial charge in [0.25, 0.3) is 0 Å². The molecule has 0 bridgehead atoms. The Bertz CT molecular complexity index is 893. The van der Waals surface area contributed by atoms with Crippen LogP contribution in [0.1, 0.15) is 11.1 Å². The van der Waals surface area contributed by atoms with Gasteiger partial charge in [0, 0.05) is 12.2 Å². The first-order valence-corrected chi connectivity index (χ1v) is 9.87. The normalized spacial score (nSPS) is 10.5. The van der Waals surface area contributed by atoms with Gasteiger partial charge in [-0.3, -0.25) is 0 Å². The van der Waals surface area contributed by atoms with Crippen molar-refractivity contribution in [3.05, 3.63) is 86.6 Å². The maximum absolute atomic E-state index is 13.3. The van der Waals surface area contributed by atoms with Crippen molar-refractivity contribution in [2.75, 3.05) is 12.4 Å². The van der Waals surface area contributed by atoms with Crippen LogP contribution in [0, 0.1) is 5.82 Å². The summed E-state index contributed by atoms with van der Waals surface area (Å²) in [7, 11) is 1.65. The van der Waals surface area contributed by atoms with Crippen LogP contribution in [-0.4, -0.2) is 7.11 Å².